The van der Waals surface area contributed by atoms with Gasteiger partial charge in [0, 0.05) is 47.1 Å². The minimum Gasteiger partial charge on any atom is -0.485 e. The van der Waals surface area contributed by atoms with E-state index in [9.17, 15) is 13.6 Å². The second-order valence-corrected chi connectivity index (χ2v) is 11.1. The van der Waals surface area contributed by atoms with Gasteiger partial charge in [0.15, 0.2) is 11.6 Å². The molecule has 198 valence electrons. The summed E-state index contributed by atoms with van der Waals surface area (Å²) in [5.41, 5.74) is 3.33. The average molecular weight is 540 g/mol. The van der Waals surface area contributed by atoms with Crippen LogP contribution in [0.4, 0.5) is 8.78 Å². The Morgan fingerprint density at radius 1 is 1.08 bits per heavy atom. The van der Waals surface area contributed by atoms with E-state index in [1.807, 2.05) is 17.7 Å². The van der Waals surface area contributed by atoms with Crippen LogP contribution in [0, 0.1) is 25.5 Å². The second kappa shape index (κ2) is 9.62. The van der Waals surface area contributed by atoms with Gasteiger partial charge in [0.25, 0.3) is 5.56 Å². The van der Waals surface area contributed by atoms with Gasteiger partial charge in [0.05, 0.1) is 17.6 Å². The van der Waals surface area contributed by atoms with Crippen LogP contribution in [0.1, 0.15) is 67.9 Å². The first kappa shape index (κ1) is 26.0. The molecule has 0 N–H and O–H groups in total. The van der Waals surface area contributed by atoms with Gasteiger partial charge in [0.2, 0.25) is 0 Å². The number of aryl methyl sites for hydroxylation is 2. The Morgan fingerprint density at radius 3 is 2.47 bits per heavy atom. The van der Waals surface area contributed by atoms with Gasteiger partial charge in [-0.3, -0.25) is 14.3 Å². The molecule has 0 unspecified atom stereocenters. The first-order chi connectivity index (χ1) is 17.9. The van der Waals surface area contributed by atoms with E-state index in [-0.39, 0.29) is 28.5 Å². The van der Waals surface area contributed by atoms with Crippen LogP contribution in [-0.2, 0) is 12.0 Å². The van der Waals surface area contributed by atoms with Gasteiger partial charge >= 0.3 is 0 Å². The molecule has 1 aliphatic carbocycles. The summed E-state index contributed by atoms with van der Waals surface area (Å²) in [7, 11) is 0. The zero-order valence-corrected chi connectivity index (χ0v) is 22.6. The zero-order chi connectivity index (χ0) is 27.4. The van der Waals surface area contributed by atoms with E-state index in [4.69, 9.17) is 21.4 Å². The van der Waals surface area contributed by atoms with Crippen molar-refractivity contribution in [3.05, 3.63) is 92.0 Å². The molecular weight excluding hydrogens is 512 g/mol. The standard InChI is InChI=1S/C28H28ClF2N5O2/c1-15-12-33-25(36-22(17-6-7-17)10-24(34-36)28(3,4)5)11-21(15)35-16(2)8-23(26(29)27(35)37)38-14-20-19(31)9-18(30)13-32-20/h8-13,17H,6-7,14H2,1-5H3. The van der Waals surface area contributed by atoms with Gasteiger partial charge in [-0.05, 0) is 38.3 Å². The van der Waals surface area contributed by atoms with Crippen molar-refractivity contribution in [1.29, 1.82) is 0 Å². The average Bonchev–Trinajstić information content (AvgIpc) is 3.59. The molecule has 10 heteroatoms. The normalized spacial score (nSPS) is 13.7. The molecule has 38 heavy (non-hydrogen) atoms. The van der Waals surface area contributed by atoms with Crippen molar-refractivity contribution in [3.8, 4) is 17.3 Å². The fourth-order valence-corrected chi connectivity index (χ4v) is 4.45. The first-order valence-electron chi connectivity index (χ1n) is 12.4. The van der Waals surface area contributed by atoms with Crippen LogP contribution in [-0.4, -0.2) is 24.3 Å². The van der Waals surface area contributed by atoms with Crippen LogP contribution in [0.2, 0.25) is 5.02 Å². The molecule has 0 spiro atoms. The number of nitrogens with zero attached hydrogens (tertiary/aromatic N) is 5. The summed E-state index contributed by atoms with van der Waals surface area (Å²) in [6, 6.07) is 6.31. The van der Waals surface area contributed by atoms with E-state index in [1.165, 1.54) is 4.57 Å². The molecule has 1 aliphatic rings. The van der Waals surface area contributed by atoms with E-state index < -0.39 is 17.2 Å². The third kappa shape index (κ3) is 4.95. The maximum atomic E-state index is 14.0. The van der Waals surface area contributed by atoms with Gasteiger partial charge in [0.1, 0.15) is 28.9 Å². The lowest BCUT2D eigenvalue weighted by Gasteiger charge is -2.17. The van der Waals surface area contributed by atoms with E-state index >= 15 is 0 Å². The Labute approximate surface area is 224 Å². The highest BCUT2D eigenvalue weighted by molar-refractivity contribution is 6.31. The summed E-state index contributed by atoms with van der Waals surface area (Å²) in [6.45, 7) is 9.68. The molecule has 0 aliphatic heterocycles. The predicted molar refractivity (Wildman–Crippen MR) is 141 cm³/mol. The summed E-state index contributed by atoms with van der Waals surface area (Å²) in [6.07, 6.45) is 4.84. The lowest BCUT2D eigenvalue weighted by molar-refractivity contribution is 0.292. The maximum absolute atomic E-state index is 14.0. The Balaban J connectivity index is 1.53. The largest absolute Gasteiger partial charge is 0.485 e. The van der Waals surface area contributed by atoms with Crippen LogP contribution in [0.3, 0.4) is 0 Å². The summed E-state index contributed by atoms with van der Waals surface area (Å²) >= 11 is 6.42. The van der Waals surface area contributed by atoms with Gasteiger partial charge in [-0.1, -0.05) is 32.4 Å². The number of aromatic nitrogens is 5. The van der Waals surface area contributed by atoms with E-state index in [1.54, 1.807) is 19.2 Å². The molecule has 0 aromatic carbocycles. The number of halogens is 3. The molecule has 4 heterocycles. The van der Waals surface area contributed by atoms with Crippen molar-refractivity contribution in [1.82, 2.24) is 24.3 Å². The highest BCUT2D eigenvalue weighted by Crippen LogP contribution is 2.42. The van der Waals surface area contributed by atoms with Gasteiger partial charge < -0.3 is 4.74 Å². The zero-order valence-electron chi connectivity index (χ0n) is 21.8. The Hall–Kier alpha value is -3.59. The number of hydrogen-bond acceptors (Lipinski definition) is 5. The van der Waals surface area contributed by atoms with Gasteiger partial charge in [-0.25, -0.2) is 18.4 Å². The molecule has 4 aromatic rings. The third-order valence-electron chi connectivity index (χ3n) is 6.57. The molecule has 4 aromatic heterocycles. The number of pyridine rings is 3. The van der Waals surface area contributed by atoms with Crippen LogP contribution in [0.15, 0.2) is 41.5 Å². The Kier molecular flexibility index (Phi) is 6.59. The summed E-state index contributed by atoms with van der Waals surface area (Å²) in [4.78, 5) is 21.8. The van der Waals surface area contributed by atoms with Crippen LogP contribution >= 0.6 is 11.6 Å². The van der Waals surface area contributed by atoms with Crippen molar-refractivity contribution < 1.29 is 13.5 Å². The summed E-state index contributed by atoms with van der Waals surface area (Å²) in [5, 5.41) is 4.72. The Bertz CT molecular complexity index is 1600. The van der Waals surface area contributed by atoms with Crippen LogP contribution in [0.25, 0.3) is 11.5 Å². The topological polar surface area (TPSA) is 74.8 Å². The Morgan fingerprint density at radius 2 is 1.82 bits per heavy atom. The lowest BCUT2D eigenvalue weighted by atomic mass is 9.92. The molecule has 0 atom stereocenters. The second-order valence-electron chi connectivity index (χ2n) is 10.7. The van der Waals surface area contributed by atoms with Crippen molar-refractivity contribution in [2.75, 3.05) is 0 Å². The molecule has 0 amide bonds. The smallest absolute Gasteiger partial charge is 0.277 e. The predicted octanol–water partition coefficient (Wildman–Crippen LogP) is 6.12. The quantitative estimate of drug-likeness (QED) is 0.295. The number of hydrogen-bond donors (Lipinski definition) is 0. The minimum atomic E-state index is -0.843. The molecule has 7 nitrogen and oxygen atoms in total. The first-order valence-corrected chi connectivity index (χ1v) is 12.7. The van der Waals surface area contributed by atoms with Gasteiger partial charge in [-0.2, -0.15) is 5.10 Å². The van der Waals surface area contributed by atoms with E-state index in [2.05, 4.69) is 36.8 Å². The van der Waals surface area contributed by atoms with Crippen molar-refractivity contribution in [3.63, 3.8) is 0 Å². The molecular formula is C28H28ClF2N5O2. The number of rotatable bonds is 6. The van der Waals surface area contributed by atoms with E-state index in [0.29, 0.717) is 23.1 Å². The summed E-state index contributed by atoms with van der Waals surface area (Å²) in [5.74, 6) is -0.487. The number of ether oxygens (including phenoxy) is 1. The maximum Gasteiger partial charge on any atom is 0.277 e. The molecule has 5 rings (SSSR count). The van der Waals surface area contributed by atoms with Crippen molar-refractivity contribution in [2.24, 2.45) is 0 Å². The summed E-state index contributed by atoms with van der Waals surface area (Å²) < 4.78 is 36.1. The molecule has 0 saturated heterocycles. The monoisotopic (exact) mass is 539 g/mol. The molecule has 0 bridgehead atoms. The third-order valence-corrected chi connectivity index (χ3v) is 6.92. The molecule has 1 fully saturated rings. The molecule has 0 radical (unpaired) electrons. The SMILES string of the molecule is Cc1cnc(-n2nc(C(C)(C)C)cc2C2CC2)cc1-n1c(C)cc(OCc2ncc(F)cc2F)c(Cl)c1=O. The minimum absolute atomic E-state index is 0.0841. The van der Waals surface area contributed by atoms with E-state index in [0.717, 1.165) is 42.1 Å². The fraction of sp³-hybridized carbons (Fsp3) is 0.357. The lowest BCUT2D eigenvalue weighted by Crippen LogP contribution is -2.23. The van der Waals surface area contributed by atoms with Crippen molar-refractivity contribution >= 4 is 11.6 Å². The van der Waals surface area contributed by atoms with Crippen molar-refractivity contribution in [2.45, 2.75) is 65.4 Å². The highest BCUT2D eigenvalue weighted by Gasteiger charge is 2.31. The highest BCUT2D eigenvalue weighted by atomic mass is 35.5. The van der Waals surface area contributed by atoms with Crippen LogP contribution < -0.4 is 10.3 Å². The molecule has 1 saturated carbocycles. The van der Waals surface area contributed by atoms with Crippen LogP contribution in [0.5, 0.6) is 5.75 Å². The van der Waals surface area contributed by atoms with Gasteiger partial charge in [-0.15, -0.1) is 0 Å². The fourth-order valence-electron chi connectivity index (χ4n) is 4.26.